The average molecular weight is 264 g/mol. The second-order valence-electron chi connectivity index (χ2n) is 5.24. The number of pyridine rings is 1. The van der Waals surface area contributed by atoms with Crippen molar-refractivity contribution >= 4 is 17.3 Å². The molecule has 0 radical (unpaired) electrons. The topological polar surface area (TPSA) is 80.1 Å². The summed E-state index contributed by atoms with van der Waals surface area (Å²) in [5.41, 5.74) is 0.0331. The van der Waals surface area contributed by atoms with Crippen LogP contribution in [0.3, 0.4) is 0 Å². The molecule has 0 saturated heterocycles. The fraction of sp³-hybridized carbons (Fsp3) is 0.615. The lowest BCUT2D eigenvalue weighted by Crippen LogP contribution is -2.25. The molecule has 0 aliphatic heterocycles. The van der Waals surface area contributed by atoms with Crippen molar-refractivity contribution in [2.75, 3.05) is 17.7 Å². The maximum atomic E-state index is 11.0. The second-order valence-corrected chi connectivity index (χ2v) is 5.24. The first kappa shape index (κ1) is 13.6. The zero-order chi connectivity index (χ0) is 14.0. The lowest BCUT2D eigenvalue weighted by Gasteiger charge is -2.20. The van der Waals surface area contributed by atoms with Crippen molar-refractivity contribution in [1.82, 2.24) is 4.98 Å². The number of nitro groups is 1. The molecule has 0 aromatic carbocycles. The number of anilines is 2. The number of hydrogen-bond acceptors (Lipinski definition) is 5. The van der Waals surface area contributed by atoms with Gasteiger partial charge in [-0.1, -0.05) is 13.8 Å². The number of hydrogen-bond donors (Lipinski definition) is 2. The number of aromatic nitrogens is 1. The Morgan fingerprint density at radius 1 is 1.37 bits per heavy atom. The molecule has 1 fully saturated rings. The van der Waals surface area contributed by atoms with E-state index in [0.717, 1.165) is 12.8 Å². The van der Waals surface area contributed by atoms with Gasteiger partial charge in [-0.2, -0.15) is 0 Å². The van der Waals surface area contributed by atoms with Crippen LogP contribution in [0.2, 0.25) is 0 Å². The van der Waals surface area contributed by atoms with E-state index in [0.29, 0.717) is 23.5 Å². The lowest BCUT2D eigenvalue weighted by molar-refractivity contribution is -0.384. The first-order chi connectivity index (χ1) is 9.02. The fourth-order valence-electron chi connectivity index (χ4n) is 2.59. The molecule has 1 aromatic heterocycles. The number of nitrogens with one attached hydrogen (secondary N) is 2. The van der Waals surface area contributed by atoms with E-state index in [1.807, 2.05) is 0 Å². The second kappa shape index (κ2) is 5.42. The quantitative estimate of drug-likeness (QED) is 0.645. The van der Waals surface area contributed by atoms with Gasteiger partial charge < -0.3 is 10.6 Å². The van der Waals surface area contributed by atoms with E-state index in [1.54, 1.807) is 13.1 Å². The standard InChI is InChI=1S/C13H20N4O2/c1-8-4-5-10(9(8)2)15-13-11(17(18)19)6-7-12(14-3)16-13/h6-10H,4-5H2,1-3H3,(H2,14,15,16). The van der Waals surface area contributed by atoms with E-state index in [-0.39, 0.29) is 11.7 Å². The summed E-state index contributed by atoms with van der Waals surface area (Å²) in [7, 11) is 1.75. The molecule has 1 heterocycles. The summed E-state index contributed by atoms with van der Waals surface area (Å²) in [6, 6.07) is 3.36. The summed E-state index contributed by atoms with van der Waals surface area (Å²) < 4.78 is 0. The normalized spacial score (nSPS) is 26.2. The van der Waals surface area contributed by atoms with Crippen molar-refractivity contribution in [3.8, 4) is 0 Å². The van der Waals surface area contributed by atoms with Crippen LogP contribution in [-0.4, -0.2) is 23.0 Å². The van der Waals surface area contributed by atoms with E-state index >= 15 is 0 Å². The van der Waals surface area contributed by atoms with Crippen LogP contribution >= 0.6 is 0 Å². The van der Waals surface area contributed by atoms with Crippen molar-refractivity contribution in [2.45, 2.75) is 32.7 Å². The number of nitrogens with zero attached hydrogens (tertiary/aromatic N) is 2. The van der Waals surface area contributed by atoms with Crippen LogP contribution in [0.4, 0.5) is 17.3 Å². The molecule has 1 aliphatic carbocycles. The Balaban J connectivity index is 2.25. The largest absolute Gasteiger partial charge is 0.373 e. The van der Waals surface area contributed by atoms with E-state index < -0.39 is 4.92 Å². The molecule has 0 spiro atoms. The molecule has 1 aromatic rings. The van der Waals surface area contributed by atoms with E-state index in [1.165, 1.54) is 6.07 Å². The summed E-state index contributed by atoms with van der Waals surface area (Å²) in [5.74, 6) is 2.14. The third kappa shape index (κ3) is 2.77. The van der Waals surface area contributed by atoms with Crippen molar-refractivity contribution in [2.24, 2.45) is 11.8 Å². The third-order valence-corrected chi connectivity index (χ3v) is 4.11. The highest BCUT2D eigenvalue weighted by Crippen LogP contribution is 2.35. The van der Waals surface area contributed by atoms with Crippen LogP contribution in [0.25, 0.3) is 0 Å². The monoisotopic (exact) mass is 264 g/mol. The van der Waals surface area contributed by atoms with Crippen LogP contribution in [0.5, 0.6) is 0 Å². The van der Waals surface area contributed by atoms with Crippen molar-refractivity contribution in [3.05, 3.63) is 22.2 Å². The van der Waals surface area contributed by atoms with Gasteiger partial charge in [0, 0.05) is 19.2 Å². The van der Waals surface area contributed by atoms with E-state index in [4.69, 9.17) is 0 Å². The Bertz CT molecular complexity index is 478. The van der Waals surface area contributed by atoms with Gasteiger partial charge in [0.1, 0.15) is 5.82 Å². The Labute approximate surface area is 112 Å². The Morgan fingerprint density at radius 3 is 2.63 bits per heavy atom. The highest BCUT2D eigenvalue weighted by atomic mass is 16.6. The molecule has 2 rings (SSSR count). The van der Waals surface area contributed by atoms with Gasteiger partial charge in [-0.05, 0) is 30.7 Å². The molecule has 19 heavy (non-hydrogen) atoms. The van der Waals surface area contributed by atoms with Gasteiger partial charge in [0.15, 0.2) is 0 Å². The lowest BCUT2D eigenvalue weighted by atomic mass is 9.98. The van der Waals surface area contributed by atoms with E-state index in [2.05, 4.69) is 29.5 Å². The zero-order valence-electron chi connectivity index (χ0n) is 11.5. The van der Waals surface area contributed by atoms with Crippen LogP contribution < -0.4 is 10.6 Å². The smallest absolute Gasteiger partial charge is 0.311 e. The van der Waals surface area contributed by atoms with Crippen molar-refractivity contribution < 1.29 is 4.92 Å². The number of rotatable bonds is 4. The maximum Gasteiger partial charge on any atom is 0.311 e. The first-order valence-corrected chi connectivity index (χ1v) is 6.62. The SMILES string of the molecule is CNc1ccc([N+](=O)[O-])c(NC2CCC(C)C2C)n1. The summed E-state index contributed by atoms with van der Waals surface area (Å²) in [6.45, 7) is 4.40. The summed E-state index contributed by atoms with van der Waals surface area (Å²) in [4.78, 5) is 14.9. The van der Waals surface area contributed by atoms with Crippen LogP contribution in [0.1, 0.15) is 26.7 Å². The highest BCUT2D eigenvalue weighted by molar-refractivity contribution is 5.60. The minimum atomic E-state index is -0.391. The Morgan fingerprint density at radius 2 is 2.11 bits per heavy atom. The minimum Gasteiger partial charge on any atom is -0.373 e. The van der Waals surface area contributed by atoms with Gasteiger partial charge in [0.2, 0.25) is 5.82 Å². The molecule has 104 valence electrons. The van der Waals surface area contributed by atoms with Crippen LogP contribution in [0, 0.1) is 22.0 Å². The maximum absolute atomic E-state index is 11.0. The third-order valence-electron chi connectivity index (χ3n) is 4.11. The average Bonchev–Trinajstić information content (AvgIpc) is 2.70. The molecule has 1 aliphatic rings. The van der Waals surface area contributed by atoms with E-state index in [9.17, 15) is 10.1 Å². The zero-order valence-corrected chi connectivity index (χ0v) is 11.5. The predicted octanol–water partition coefficient (Wildman–Crippen LogP) is 2.88. The van der Waals surface area contributed by atoms with Gasteiger partial charge in [-0.3, -0.25) is 10.1 Å². The van der Waals surface area contributed by atoms with Gasteiger partial charge >= 0.3 is 5.69 Å². The predicted molar refractivity (Wildman–Crippen MR) is 75.4 cm³/mol. The minimum absolute atomic E-state index is 0.0331. The fourth-order valence-corrected chi connectivity index (χ4v) is 2.59. The molecule has 3 unspecified atom stereocenters. The Kier molecular flexibility index (Phi) is 3.87. The highest BCUT2D eigenvalue weighted by Gasteiger charge is 2.31. The van der Waals surface area contributed by atoms with Gasteiger partial charge in [0.25, 0.3) is 0 Å². The van der Waals surface area contributed by atoms with Gasteiger partial charge in [-0.25, -0.2) is 4.98 Å². The van der Waals surface area contributed by atoms with Gasteiger partial charge in [-0.15, -0.1) is 0 Å². The Hall–Kier alpha value is -1.85. The summed E-state index contributed by atoms with van der Waals surface area (Å²) >= 11 is 0. The molecule has 6 heteroatoms. The van der Waals surface area contributed by atoms with Gasteiger partial charge in [0.05, 0.1) is 4.92 Å². The van der Waals surface area contributed by atoms with Crippen LogP contribution in [0.15, 0.2) is 12.1 Å². The molecule has 0 bridgehead atoms. The first-order valence-electron chi connectivity index (χ1n) is 6.62. The molecular weight excluding hydrogens is 244 g/mol. The van der Waals surface area contributed by atoms with Crippen molar-refractivity contribution in [3.63, 3.8) is 0 Å². The molecule has 2 N–H and O–H groups in total. The van der Waals surface area contributed by atoms with Crippen molar-refractivity contribution in [1.29, 1.82) is 0 Å². The molecule has 1 saturated carbocycles. The molecule has 0 amide bonds. The summed E-state index contributed by atoms with van der Waals surface area (Å²) in [6.07, 6.45) is 2.18. The molecule has 6 nitrogen and oxygen atoms in total. The molecule has 3 atom stereocenters. The summed E-state index contributed by atoms with van der Waals surface area (Å²) in [5, 5.41) is 17.2. The van der Waals surface area contributed by atoms with Crippen LogP contribution in [-0.2, 0) is 0 Å². The molecular formula is C13H20N4O2.